The number of hydrogen-bond acceptors (Lipinski definition) is 4. The van der Waals surface area contributed by atoms with Crippen LogP contribution in [-0.2, 0) is 22.4 Å². The molecule has 200 valence electrons. The molecular formula is C31H37N3O4. The largest absolute Gasteiger partial charge is 0.459 e. The van der Waals surface area contributed by atoms with Gasteiger partial charge in [0.1, 0.15) is 6.04 Å². The van der Waals surface area contributed by atoms with Gasteiger partial charge in [0, 0.05) is 11.2 Å². The minimum absolute atomic E-state index is 0.119. The summed E-state index contributed by atoms with van der Waals surface area (Å²) in [6.45, 7) is 9.67. The minimum atomic E-state index is -0.928. The van der Waals surface area contributed by atoms with Crippen molar-refractivity contribution in [3.8, 4) is 0 Å². The monoisotopic (exact) mass is 515 g/mol. The first-order valence-electron chi connectivity index (χ1n) is 13.2. The third-order valence-electron chi connectivity index (χ3n) is 6.70. The lowest BCUT2D eigenvalue weighted by molar-refractivity contribution is -0.127. The molecule has 1 heterocycles. The minimum Gasteiger partial charge on any atom is -0.459 e. The number of fused-ring (bicyclic) bond motifs is 1. The fraction of sp³-hybridized carbons (Fsp3) is 0.387. The first kappa shape index (κ1) is 27.2. The number of carbonyl (C=O) groups excluding carboxylic acids is 3. The van der Waals surface area contributed by atoms with Gasteiger partial charge in [0.15, 0.2) is 5.76 Å². The van der Waals surface area contributed by atoms with Gasteiger partial charge in [-0.05, 0) is 92.5 Å². The second-order valence-corrected chi connectivity index (χ2v) is 11.2. The van der Waals surface area contributed by atoms with Crippen molar-refractivity contribution >= 4 is 23.4 Å². The van der Waals surface area contributed by atoms with E-state index in [1.807, 2.05) is 63.2 Å². The van der Waals surface area contributed by atoms with Gasteiger partial charge in [0.05, 0.1) is 12.8 Å². The van der Waals surface area contributed by atoms with Crippen molar-refractivity contribution in [3.63, 3.8) is 0 Å². The molecule has 0 bridgehead atoms. The van der Waals surface area contributed by atoms with Crippen LogP contribution in [0, 0.1) is 0 Å². The van der Waals surface area contributed by atoms with Crippen molar-refractivity contribution in [3.05, 3.63) is 88.9 Å². The van der Waals surface area contributed by atoms with Crippen molar-refractivity contribution < 1.29 is 18.8 Å². The van der Waals surface area contributed by atoms with Crippen molar-refractivity contribution in [2.45, 2.75) is 71.4 Å². The summed E-state index contributed by atoms with van der Waals surface area (Å²) in [5, 5.41) is 5.71. The fourth-order valence-electron chi connectivity index (χ4n) is 4.80. The summed E-state index contributed by atoms with van der Waals surface area (Å²) in [4.78, 5) is 41.8. The Bertz CT molecular complexity index is 1290. The van der Waals surface area contributed by atoms with E-state index < -0.39 is 23.4 Å². The first-order valence-corrected chi connectivity index (χ1v) is 13.2. The molecule has 2 N–H and O–H groups in total. The van der Waals surface area contributed by atoms with E-state index in [1.54, 1.807) is 6.07 Å². The standard InChI is InChI=1S/C31H37N3O4/c1-20(2)21-11-13-23(14-12-21)28(30(37)33-31(3,4)5)34(25-16-15-22-8-6-9-24(22)18-25)27(35)19-32-29(36)26-10-7-17-38-26/h7,10-18,20,28H,6,8-9,19H2,1-5H3,(H,32,36)(H,33,37)/t28-/m1/s1. The van der Waals surface area contributed by atoms with Crippen LogP contribution in [0.3, 0.4) is 0 Å². The van der Waals surface area contributed by atoms with E-state index in [-0.39, 0.29) is 18.2 Å². The van der Waals surface area contributed by atoms with Crippen LogP contribution in [0.5, 0.6) is 0 Å². The molecule has 1 aliphatic carbocycles. The van der Waals surface area contributed by atoms with E-state index in [0.29, 0.717) is 17.2 Å². The maximum absolute atomic E-state index is 13.9. The highest BCUT2D eigenvalue weighted by Crippen LogP contribution is 2.33. The van der Waals surface area contributed by atoms with Gasteiger partial charge in [-0.2, -0.15) is 0 Å². The predicted molar refractivity (Wildman–Crippen MR) is 148 cm³/mol. The predicted octanol–water partition coefficient (Wildman–Crippen LogP) is 5.31. The lowest BCUT2D eigenvalue weighted by Gasteiger charge is -2.34. The van der Waals surface area contributed by atoms with Crippen LogP contribution < -0.4 is 15.5 Å². The second kappa shape index (κ2) is 11.3. The average Bonchev–Trinajstić information content (AvgIpc) is 3.56. The molecule has 38 heavy (non-hydrogen) atoms. The highest BCUT2D eigenvalue weighted by atomic mass is 16.3. The molecule has 3 amide bonds. The SMILES string of the molecule is CC(C)c1ccc([C@H](C(=O)NC(C)(C)C)N(C(=O)CNC(=O)c2ccco2)c2ccc3c(c2)CCC3)cc1. The van der Waals surface area contributed by atoms with Crippen LogP contribution >= 0.6 is 0 Å². The van der Waals surface area contributed by atoms with Gasteiger partial charge in [0.25, 0.3) is 5.91 Å². The van der Waals surface area contributed by atoms with Crippen molar-refractivity contribution in [2.75, 3.05) is 11.4 Å². The number of hydrogen-bond donors (Lipinski definition) is 2. The maximum atomic E-state index is 13.9. The van der Waals surface area contributed by atoms with Crippen molar-refractivity contribution in [2.24, 2.45) is 0 Å². The number of benzene rings is 2. The zero-order valence-electron chi connectivity index (χ0n) is 22.8. The van der Waals surface area contributed by atoms with E-state index in [2.05, 4.69) is 24.5 Å². The Labute approximate surface area is 224 Å². The van der Waals surface area contributed by atoms with Crippen LogP contribution in [0.2, 0.25) is 0 Å². The molecule has 1 aromatic heterocycles. The zero-order chi connectivity index (χ0) is 27.4. The average molecular weight is 516 g/mol. The summed E-state index contributed by atoms with van der Waals surface area (Å²) in [5.74, 6) is -0.731. The van der Waals surface area contributed by atoms with E-state index in [1.165, 1.54) is 28.4 Å². The molecule has 0 aliphatic heterocycles. The number of rotatable bonds is 8. The van der Waals surface area contributed by atoms with Crippen LogP contribution in [0.15, 0.2) is 65.3 Å². The summed E-state index contributed by atoms with van der Waals surface area (Å²) in [6, 6.07) is 16.0. The smallest absolute Gasteiger partial charge is 0.287 e. The number of amides is 3. The van der Waals surface area contributed by atoms with Crippen LogP contribution in [0.4, 0.5) is 5.69 Å². The van der Waals surface area contributed by atoms with E-state index in [9.17, 15) is 14.4 Å². The lowest BCUT2D eigenvalue weighted by Crippen LogP contribution is -2.51. The molecule has 0 unspecified atom stereocenters. The molecule has 3 aromatic rings. The normalized spacial score (nSPS) is 13.6. The van der Waals surface area contributed by atoms with Gasteiger partial charge in [-0.3, -0.25) is 19.3 Å². The van der Waals surface area contributed by atoms with Gasteiger partial charge >= 0.3 is 0 Å². The molecule has 7 heteroatoms. The summed E-state index contributed by atoms with van der Waals surface area (Å²) >= 11 is 0. The van der Waals surface area contributed by atoms with Gasteiger partial charge in [-0.1, -0.05) is 44.2 Å². The Morgan fingerprint density at radius 3 is 2.26 bits per heavy atom. The third kappa shape index (κ3) is 6.33. The molecule has 7 nitrogen and oxygen atoms in total. The topological polar surface area (TPSA) is 91.7 Å². The summed E-state index contributed by atoms with van der Waals surface area (Å²) in [5.41, 5.74) is 4.42. The Hall–Kier alpha value is -3.87. The Balaban J connectivity index is 1.75. The van der Waals surface area contributed by atoms with Gasteiger partial charge in [0.2, 0.25) is 11.8 Å². The summed E-state index contributed by atoms with van der Waals surface area (Å²) in [6.07, 6.45) is 4.41. The zero-order valence-corrected chi connectivity index (χ0v) is 22.8. The first-order chi connectivity index (χ1) is 18.0. The van der Waals surface area contributed by atoms with E-state index in [4.69, 9.17) is 4.42 Å². The summed E-state index contributed by atoms with van der Waals surface area (Å²) < 4.78 is 5.16. The highest BCUT2D eigenvalue weighted by molar-refractivity contribution is 6.04. The Morgan fingerprint density at radius 1 is 0.947 bits per heavy atom. The summed E-state index contributed by atoms with van der Waals surface area (Å²) in [7, 11) is 0. The molecule has 0 saturated carbocycles. The van der Waals surface area contributed by atoms with Crippen molar-refractivity contribution in [1.82, 2.24) is 10.6 Å². The van der Waals surface area contributed by atoms with Crippen LogP contribution in [0.1, 0.15) is 85.8 Å². The Morgan fingerprint density at radius 2 is 1.63 bits per heavy atom. The number of aryl methyl sites for hydroxylation is 2. The molecule has 1 atom stereocenters. The lowest BCUT2D eigenvalue weighted by atomic mass is 9.96. The fourth-order valence-corrected chi connectivity index (χ4v) is 4.80. The van der Waals surface area contributed by atoms with Gasteiger partial charge < -0.3 is 15.1 Å². The number of furan rings is 1. The third-order valence-corrected chi connectivity index (χ3v) is 6.70. The quantitative estimate of drug-likeness (QED) is 0.425. The number of anilines is 1. The molecule has 0 saturated heterocycles. The van der Waals surface area contributed by atoms with Gasteiger partial charge in [-0.25, -0.2) is 0 Å². The van der Waals surface area contributed by atoms with Crippen LogP contribution in [-0.4, -0.2) is 29.8 Å². The molecular weight excluding hydrogens is 478 g/mol. The van der Waals surface area contributed by atoms with Gasteiger partial charge in [-0.15, -0.1) is 0 Å². The number of nitrogens with one attached hydrogen (secondary N) is 2. The molecule has 2 aromatic carbocycles. The molecule has 0 fully saturated rings. The number of nitrogens with zero attached hydrogens (tertiary/aromatic N) is 1. The Kier molecular flexibility index (Phi) is 8.05. The second-order valence-electron chi connectivity index (χ2n) is 11.2. The molecule has 0 spiro atoms. The van der Waals surface area contributed by atoms with E-state index >= 15 is 0 Å². The molecule has 0 radical (unpaired) electrons. The van der Waals surface area contributed by atoms with Crippen molar-refractivity contribution in [1.29, 1.82) is 0 Å². The molecule has 4 rings (SSSR count). The van der Waals surface area contributed by atoms with E-state index in [0.717, 1.165) is 24.8 Å². The maximum Gasteiger partial charge on any atom is 0.287 e. The van der Waals surface area contributed by atoms with Crippen LogP contribution in [0.25, 0.3) is 0 Å². The number of carbonyl (C=O) groups is 3. The highest BCUT2D eigenvalue weighted by Gasteiger charge is 2.35. The molecule has 1 aliphatic rings.